The molecule has 2 aromatic rings. The first-order valence-corrected chi connectivity index (χ1v) is 10.4. The Labute approximate surface area is 163 Å². The number of thioether (sulfide) groups is 2. The number of carbonyl (C=O) groups is 2. The van der Waals surface area contributed by atoms with Gasteiger partial charge in [-0.2, -0.15) is 0 Å². The molecule has 0 unspecified atom stereocenters. The highest BCUT2D eigenvalue weighted by atomic mass is 32.2. The van der Waals surface area contributed by atoms with Crippen molar-refractivity contribution in [2.75, 3.05) is 0 Å². The summed E-state index contributed by atoms with van der Waals surface area (Å²) in [7, 11) is 0. The van der Waals surface area contributed by atoms with E-state index in [1.165, 1.54) is 11.1 Å². The van der Waals surface area contributed by atoms with E-state index < -0.39 is 5.97 Å². The second-order valence-electron chi connectivity index (χ2n) is 6.28. The highest BCUT2D eigenvalue weighted by Gasteiger charge is 2.17. The average Bonchev–Trinajstić information content (AvgIpc) is 2.58. The van der Waals surface area contributed by atoms with Gasteiger partial charge in [-0.1, -0.05) is 35.4 Å². The van der Waals surface area contributed by atoms with Crippen LogP contribution < -0.4 is 0 Å². The normalized spacial score (nSPS) is 10.9. The Morgan fingerprint density at radius 2 is 1.31 bits per heavy atom. The molecule has 0 aliphatic heterocycles. The molecule has 0 fully saturated rings. The minimum Gasteiger partial charge on any atom is -0.481 e. The van der Waals surface area contributed by atoms with E-state index in [4.69, 9.17) is 5.11 Å². The fraction of sp³-hybridized carbons (Fsp3) is 0.333. The number of ketones is 1. The van der Waals surface area contributed by atoms with Crippen LogP contribution in [-0.2, 0) is 9.59 Å². The molecule has 26 heavy (non-hydrogen) atoms. The maximum Gasteiger partial charge on any atom is 0.303 e. The van der Waals surface area contributed by atoms with E-state index >= 15 is 0 Å². The van der Waals surface area contributed by atoms with Crippen molar-refractivity contribution in [1.29, 1.82) is 0 Å². The summed E-state index contributed by atoms with van der Waals surface area (Å²) in [5.41, 5.74) is 2.42. The predicted molar refractivity (Wildman–Crippen MR) is 109 cm³/mol. The highest BCUT2D eigenvalue weighted by Crippen LogP contribution is 2.38. The molecule has 0 bridgehead atoms. The summed E-state index contributed by atoms with van der Waals surface area (Å²) in [6, 6.07) is 16.6. The summed E-state index contributed by atoms with van der Waals surface area (Å²) in [5.74, 6) is -0.729. The van der Waals surface area contributed by atoms with Crippen molar-refractivity contribution in [3.63, 3.8) is 0 Å². The molecule has 0 spiro atoms. The number of hydrogen-bond acceptors (Lipinski definition) is 4. The number of Topliss-reactive ketones (excluding diaryl/α,β-unsaturated/α-hetero) is 1. The zero-order valence-corrected chi connectivity index (χ0v) is 16.7. The fourth-order valence-corrected chi connectivity index (χ4v) is 4.96. The van der Waals surface area contributed by atoms with E-state index in [2.05, 4.69) is 62.4 Å². The minimum absolute atomic E-state index is 0.0482. The van der Waals surface area contributed by atoms with Crippen LogP contribution in [0.2, 0.25) is 0 Å². The Balaban J connectivity index is 2.02. The molecule has 0 heterocycles. The van der Waals surface area contributed by atoms with E-state index in [1.807, 2.05) is 0 Å². The summed E-state index contributed by atoms with van der Waals surface area (Å²) >= 11 is 3.38. The van der Waals surface area contributed by atoms with Crippen molar-refractivity contribution in [2.45, 2.75) is 53.9 Å². The van der Waals surface area contributed by atoms with Crippen LogP contribution in [0.3, 0.4) is 0 Å². The first kappa shape index (κ1) is 20.6. The summed E-state index contributed by atoms with van der Waals surface area (Å²) in [6.45, 7) is 4.11. The van der Waals surface area contributed by atoms with E-state index in [1.54, 1.807) is 23.5 Å². The number of carboxylic acids is 1. The summed E-state index contributed by atoms with van der Waals surface area (Å²) in [5, 5.41) is 8.72. The topological polar surface area (TPSA) is 54.4 Å². The molecule has 0 aliphatic rings. The Kier molecular flexibility index (Phi) is 8.26. The van der Waals surface area contributed by atoms with Crippen molar-refractivity contribution < 1.29 is 14.7 Å². The Bertz CT molecular complexity index is 676. The second-order valence-corrected chi connectivity index (χ2v) is 9.13. The van der Waals surface area contributed by atoms with Gasteiger partial charge in [0.25, 0.3) is 0 Å². The van der Waals surface area contributed by atoms with Crippen LogP contribution in [0.4, 0.5) is 0 Å². The molecule has 1 N–H and O–H groups in total. The molecule has 3 nitrogen and oxygen atoms in total. The van der Waals surface area contributed by atoms with Crippen LogP contribution in [0.15, 0.2) is 58.3 Å². The molecule has 0 aliphatic carbocycles. The largest absolute Gasteiger partial charge is 0.481 e. The van der Waals surface area contributed by atoms with E-state index in [9.17, 15) is 9.59 Å². The molecule has 0 aromatic heterocycles. The number of aryl methyl sites for hydroxylation is 2. The standard InChI is InChI=1S/C21H24O3S2/c1-15-6-10-18(11-7-15)25-21(14-17(22)4-3-5-20(23)24)26-19-12-8-16(2)9-13-19/h6-13,21H,3-5,14H2,1-2H3,(H,23,24). The third kappa shape index (κ3) is 7.67. The highest BCUT2D eigenvalue weighted by molar-refractivity contribution is 8.17. The van der Waals surface area contributed by atoms with Crippen molar-refractivity contribution in [1.82, 2.24) is 0 Å². The molecule has 0 radical (unpaired) electrons. The van der Waals surface area contributed by atoms with Crippen LogP contribution >= 0.6 is 23.5 Å². The SMILES string of the molecule is Cc1ccc(SC(CC(=O)CCCC(=O)O)Sc2ccc(C)cc2)cc1. The molecule has 2 aromatic carbocycles. The monoisotopic (exact) mass is 388 g/mol. The van der Waals surface area contributed by atoms with Crippen molar-refractivity contribution >= 4 is 35.3 Å². The smallest absolute Gasteiger partial charge is 0.303 e. The number of aliphatic carboxylic acids is 1. The third-order valence-electron chi connectivity index (χ3n) is 3.82. The first-order valence-electron chi connectivity index (χ1n) is 8.62. The molecular weight excluding hydrogens is 364 g/mol. The molecular formula is C21H24O3S2. The van der Waals surface area contributed by atoms with E-state index in [0.717, 1.165) is 9.79 Å². The molecule has 5 heteroatoms. The van der Waals surface area contributed by atoms with Gasteiger partial charge in [0.15, 0.2) is 0 Å². The lowest BCUT2D eigenvalue weighted by molar-refractivity contribution is -0.137. The quantitative estimate of drug-likeness (QED) is 0.416. The lowest BCUT2D eigenvalue weighted by Crippen LogP contribution is -2.08. The van der Waals surface area contributed by atoms with Gasteiger partial charge in [-0.25, -0.2) is 0 Å². The molecule has 0 amide bonds. The summed E-state index contributed by atoms with van der Waals surface area (Å²) in [4.78, 5) is 25.2. The number of rotatable bonds is 10. The Hall–Kier alpha value is -1.72. The van der Waals surface area contributed by atoms with E-state index in [0.29, 0.717) is 19.3 Å². The van der Waals surface area contributed by atoms with Gasteiger partial charge >= 0.3 is 5.97 Å². The lowest BCUT2D eigenvalue weighted by Gasteiger charge is -2.16. The lowest BCUT2D eigenvalue weighted by atomic mass is 10.1. The molecule has 0 saturated heterocycles. The molecule has 2 rings (SSSR count). The number of carboxylic acid groups (broad SMARTS) is 1. The van der Waals surface area contributed by atoms with Crippen LogP contribution in [0.5, 0.6) is 0 Å². The van der Waals surface area contributed by atoms with Gasteiger partial charge in [-0.3, -0.25) is 9.59 Å². The molecule has 138 valence electrons. The van der Waals surface area contributed by atoms with Crippen LogP contribution in [0.1, 0.15) is 36.8 Å². The van der Waals surface area contributed by atoms with Gasteiger partial charge < -0.3 is 5.11 Å². The Morgan fingerprint density at radius 1 is 0.846 bits per heavy atom. The molecule has 0 saturated carbocycles. The molecule has 0 atom stereocenters. The maximum absolute atomic E-state index is 12.3. The summed E-state index contributed by atoms with van der Waals surface area (Å²) < 4.78 is 0.0674. The van der Waals surface area contributed by atoms with E-state index in [-0.39, 0.29) is 16.8 Å². The van der Waals surface area contributed by atoms with Gasteiger partial charge in [-0.05, 0) is 44.5 Å². The van der Waals surface area contributed by atoms with Crippen LogP contribution in [0, 0.1) is 13.8 Å². The van der Waals surface area contributed by atoms with Gasteiger partial charge in [-0.15, -0.1) is 23.5 Å². The summed E-state index contributed by atoms with van der Waals surface area (Å²) in [6.07, 6.45) is 1.21. The zero-order chi connectivity index (χ0) is 18.9. The Morgan fingerprint density at radius 3 is 1.73 bits per heavy atom. The number of carbonyl (C=O) groups excluding carboxylic acids is 1. The maximum atomic E-state index is 12.3. The van der Waals surface area contributed by atoms with Gasteiger partial charge in [0.2, 0.25) is 0 Å². The second kappa shape index (κ2) is 10.4. The zero-order valence-electron chi connectivity index (χ0n) is 15.1. The first-order chi connectivity index (χ1) is 12.4. The fourth-order valence-electron chi connectivity index (χ4n) is 2.37. The average molecular weight is 389 g/mol. The van der Waals surface area contributed by atoms with Crippen LogP contribution in [-0.4, -0.2) is 21.4 Å². The van der Waals surface area contributed by atoms with Gasteiger partial charge in [0.05, 0.1) is 4.58 Å². The van der Waals surface area contributed by atoms with Gasteiger partial charge in [0.1, 0.15) is 5.78 Å². The predicted octanol–water partition coefficient (Wildman–Crippen LogP) is 5.73. The third-order valence-corrected chi connectivity index (χ3v) is 6.34. The van der Waals surface area contributed by atoms with Crippen molar-refractivity contribution in [2.24, 2.45) is 0 Å². The van der Waals surface area contributed by atoms with Crippen molar-refractivity contribution in [3.8, 4) is 0 Å². The van der Waals surface area contributed by atoms with Crippen LogP contribution in [0.25, 0.3) is 0 Å². The van der Waals surface area contributed by atoms with Crippen molar-refractivity contribution in [3.05, 3.63) is 59.7 Å². The number of benzene rings is 2. The number of hydrogen-bond donors (Lipinski definition) is 1. The minimum atomic E-state index is -0.850. The van der Waals surface area contributed by atoms with Gasteiger partial charge in [0, 0.05) is 29.1 Å².